The molecule has 2 aliphatic rings. The Hall–Kier alpha value is -2.88. The summed E-state index contributed by atoms with van der Waals surface area (Å²) in [4.78, 5) is 20.1. The first kappa shape index (κ1) is 18.5. The van der Waals surface area contributed by atoms with Gasteiger partial charge in [0.2, 0.25) is 0 Å². The number of allylic oxidation sites excluding steroid dienone is 1. The maximum absolute atomic E-state index is 13.5. The molecule has 0 bridgehead atoms. The van der Waals surface area contributed by atoms with E-state index in [4.69, 9.17) is 4.99 Å². The largest absolute Gasteiger partial charge is 0.386 e. The van der Waals surface area contributed by atoms with Crippen molar-refractivity contribution in [2.75, 3.05) is 18.0 Å². The van der Waals surface area contributed by atoms with E-state index in [2.05, 4.69) is 50.4 Å². The lowest BCUT2D eigenvalue weighted by molar-refractivity contribution is -0.112. The van der Waals surface area contributed by atoms with Crippen LogP contribution in [0, 0.1) is 12.8 Å². The first-order valence-electron chi connectivity index (χ1n) is 10.0. The Morgan fingerprint density at radius 1 is 1.11 bits per heavy atom. The van der Waals surface area contributed by atoms with Crippen LogP contribution in [0.5, 0.6) is 0 Å². The molecule has 2 heterocycles. The van der Waals surface area contributed by atoms with Crippen LogP contribution in [-0.2, 0) is 4.79 Å². The second kappa shape index (κ2) is 7.63. The first-order valence-corrected chi connectivity index (χ1v) is 10.0. The lowest BCUT2D eigenvalue weighted by atomic mass is 9.93. The summed E-state index contributed by atoms with van der Waals surface area (Å²) in [5.74, 6) is 0.491. The molecular formula is C24H27N3O. The molecule has 2 aliphatic heterocycles. The fourth-order valence-electron chi connectivity index (χ4n) is 4.05. The van der Waals surface area contributed by atoms with Gasteiger partial charge >= 0.3 is 0 Å². The van der Waals surface area contributed by atoms with Gasteiger partial charge in [-0.25, -0.2) is 0 Å². The van der Waals surface area contributed by atoms with Gasteiger partial charge in [-0.15, -0.1) is 0 Å². The number of hydrogen-bond donors (Lipinski definition) is 1. The van der Waals surface area contributed by atoms with Crippen molar-refractivity contribution in [2.24, 2.45) is 10.9 Å². The standard InChI is InChI=1S/C24H27N3O/c1-16(2)15-20-21-22(26-14-13-25-20)24(28)27(19-7-5-4-6-8-19)23(21)18-11-9-17(3)10-12-18/h4-12,16,23,25H,13-15H2,1-3H3. The Morgan fingerprint density at radius 3 is 2.50 bits per heavy atom. The average Bonchev–Trinajstić information content (AvgIpc) is 2.83. The Morgan fingerprint density at radius 2 is 1.82 bits per heavy atom. The molecule has 1 unspecified atom stereocenters. The third-order valence-electron chi connectivity index (χ3n) is 5.29. The summed E-state index contributed by atoms with van der Waals surface area (Å²) in [7, 11) is 0. The number of para-hydroxylation sites is 1. The zero-order valence-corrected chi connectivity index (χ0v) is 16.8. The fourth-order valence-corrected chi connectivity index (χ4v) is 4.05. The van der Waals surface area contributed by atoms with E-state index in [1.807, 2.05) is 35.2 Å². The maximum Gasteiger partial charge on any atom is 0.277 e. The van der Waals surface area contributed by atoms with Crippen molar-refractivity contribution < 1.29 is 4.79 Å². The predicted molar refractivity (Wildman–Crippen MR) is 115 cm³/mol. The molecule has 1 saturated heterocycles. The predicted octanol–water partition coefficient (Wildman–Crippen LogP) is 4.43. The molecule has 28 heavy (non-hydrogen) atoms. The van der Waals surface area contributed by atoms with E-state index >= 15 is 0 Å². The molecule has 4 heteroatoms. The monoisotopic (exact) mass is 373 g/mol. The maximum atomic E-state index is 13.5. The van der Waals surface area contributed by atoms with Crippen molar-refractivity contribution in [3.05, 3.63) is 77.0 Å². The summed E-state index contributed by atoms with van der Waals surface area (Å²) < 4.78 is 0. The van der Waals surface area contributed by atoms with Gasteiger partial charge in [-0.2, -0.15) is 0 Å². The molecule has 144 valence electrons. The van der Waals surface area contributed by atoms with E-state index in [0.29, 0.717) is 18.2 Å². The molecule has 0 aliphatic carbocycles. The summed E-state index contributed by atoms with van der Waals surface area (Å²) in [5, 5.41) is 3.57. The Kier molecular flexibility index (Phi) is 5.03. The minimum atomic E-state index is -0.159. The molecule has 0 radical (unpaired) electrons. The molecular weight excluding hydrogens is 346 g/mol. The highest BCUT2D eigenvalue weighted by Crippen LogP contribution is 2.42. The van der Waals surface area contributed by atoms with Crippen LogP contribution in [0.3, 0.4) is 0 Å². The van der Waals surface area contributed by atoms with E-state index in [9.17, 15) is 4.79 Å². The van der Waals surface area contributed by atoms with Gasteiger partial charge in [-0.1, -0.05) is 61.9 Å². The quantitative estimate of drug-likeness (QED) is 0.862. The highest BCUT2D eigenvalue weighted by Gasteiger charge is 2.45. The number of nitrogens with one attached hydrogen (secondary N) is 1. The molecule has 4 rings (SSSR count). The molecule has 0 aromatic heterocycles. The SMILES string of the molecule is Cc1ccc(C2C3=C(CC(C)C)NCCN=C3C(=O)N2c2ccccc2)cc1. The Bertz CT molecular complexity index is 926. The molecule has 1 N–H and O–H groups in total. The van der Waals surface area contributed by atoms with Crippen LogP contribution in [0.15, 0.2) is 70.9 Å². The van der Waals surface area contributed by atoms with Gasteiger partial charge in [0.15, 0.2) is 0 Å². The van der Waals surface area contributed by atoms with Crippen LogP contribution < -0.4 is 10.2 Å². The lowest BCUT2D eigenvalue weighted by Crippen LogP contribution is -2.30. The van der Waals surface area contributed by atoms with Crippen LogP contribution in [0.25, 0.3) is 0 Å². The number of aryl methyl sites for hydroxylation is 1. The third-order valence-corrected chi connectivity index (χ3v) is 5.29. The van der Waals surface area contributed by atoms with Crippen molar-refractivity contribution in [2.45, 2.75) is 33.2 Å². The molecule has 1 fully saturated rings. The van der Waals surface area contributed by atoms with E-state index < -0.39 is 0 Å². The summed E-state index contributed by atoms with van der Waals surface area (Å²) >= 11 is 0. The number of carbonyl (C=O) groups is 1. The minimum absolute atomic E-state index is 0.00303. The van der Waals surface area contributed by atoms with Crippen LogP contribution in [0.4, 0.5) is 5.69 Å². The number of anilines is 1. The molecule has 4 nitrogen and oxygen atoms in total. The van der Waals surface area contributed by atoms with Gasteiger partial charge < -0.3 is 5.32 Å². The molecule has 1 amide bonds. The Balaban J connectivity index is 1.93. The van der Waals surface area contributed by atoms with E-state index in [1.54, 1.807) is 0 Å². The molecule has 0 spiro atoms. The number of hydrogen-bond acceptors (Lipinski definition) is 3. The van der Waals surface area contributed by atoms with Crippen LogP contribution in [0.2, 0.25) is 0 Å². The van der Waals surface area contributed by atoms with Crippen LogP contribution >= 0.6 is 0 Å². The van der Waals surface area contributed by atoms with E-state index in [1.165, 1.54) is 5.56 Å². The molecule has 2 aromatic rings. The number of benzene rings is 2. The molecule has 0 saturated carbocycles. The van der Waals surface area contributed by atoms with Gasteiger partial charge in [0.05, 0.1) is 12.6 Å². The lowest BCUT2D eigenvalue weighted by Gasteiger charge is -2.27. The summed E-state index contributed by atoms with van der Waals surface area (Å²) in [6.45, 7) is 7.90. The van der Waals surface area contributed by atoms with Gasteiger partial charge in [0.1, 0.15) is 5.71 Å². The molecule has 1 atom stereocenters. The summed E-state index contributed by atoms with van der Waals surface area (Å²) in [6, 6.07) is 18.3. The second-order valence-corrected chi connectivity index (χ2v) is 7.97. The Labute approximate surface area is 167 Å². The highest BCUT2D eigenvalue weighted by molar-refractivity contribution is 6.53. The van der Waals surface area contributed by atoms with Crippen molar-refractivity contribution in [1.82, 2.24) is 5.32 Å². The van der Waals surface area contributed by atoms with Gasteiger partial charge in [0, 0.05) is 23.5 Å². The zero-order valence-electron chi connectivity index (χ0n) is 16.8. The number of aliphatic imine (C=N–C) groups is 1. The van der Waals surface area contributed by atoms with Gasteiger partial charge in [0.25, 0.3) is 5.91 Å². The number of fused-ring (bicyclic) bond motifs is 1. The van der Waals surface area contributed by atoms with Crippen LogP contribution in [-0.4, -0.2) is 24.7 Å². The molecule has 2 aromatic carbocycles. The summed E-state index contributed by atoms with van der Waals surface area (Å²) in [5.41, 5.74) is 6.06. The smallest absolute Gasteiger partial charge is 0.277 e. The van der Waals surface area contributed by atoms with Crippen molar-refractivity contribution in [3.63, 3.8) is 0 Å². The van der Waals surface area contributed by atoms with Crippen molar-refractivity contribution in [3.8, 4) is 0 Å². The van der Waals surface area contributed by atoms with Crippen LogP contribution in [0.1, 0.15) is 37.4 Å². The van der Waals surface area contributed by atoms with E-state index in [-0.39, 0.29) is 11.9 Å². The fraction of sp³-hybridized carbons (Fsp3) is 0.333. The van der Waals surface area contributed by atoms with E-state index in [0.717, 1.165) is 35.5 Å². The summed E-state index contributed by atoms with van der Waals surface area (Å²) in [6.07, 6.45) is 0.909. The first-order chi connectivity index (χ1) is 13.6. The topological polar surface area (TPSA) is 44.7 Å². The van der Waals surface area contributed by atoms with Crippen molar-refractivity contribution in [1.29, 1.82) is 0 Å². The van der Waals surface area contributed by atoms with Gasteiger partial charge in [-0.3, -0.25) is 14.7 Å². The highest BCUT2D eigenvalue weighted by atomic mass is 16.2. The normalized spacial score (nSPS) is 19.4. The number of nitrogens with zero attached hydrogens (tertiary/aromatic N) is 2. The number of rotatable bonds is 4. The minimum Gasteiger partial charge on any atom is -0.386 e. The average molecular weight is 374 g/mol. The van der Waals surface area contributed by atoms with Crippen molar-refractivity contribution >= 4 is 17.3 Å². The number of carbonyl (C=O) groups excluding carboxylic acids is 1. The third kappa shape index (κ3) is 3.35. The number of amides is 1. The second-order valence-electron chi connectivity index (χ2n) is 7.97. The van der Waals surface area contributed by atoms with Gasteiger partial charge in [-0.05, 0) is 37.0 Å². The zero-order chi connectivity index (χ0) is 19.7.